The van der Waals surface area contributed by atoms with Gasteiger partial charge in [0.2, 0.25) is 0 Å². The van der Waals surface area contributed by atoms with Gasteiger partial charge in [0.1, 0.15) is 18.2 Å². The fraction of sp³-hybridized carbons (Fsp3) is 0.444. The van der Waals surface area contributed by atoms with Crippen molar-refractivity contribution in [3.05, 3.63) is 46.2 Å². The van der Waals surface area contributed by atoms with Crippen molar-refractivity contribution in [2.45, 2.75) is 19.8 Å². The molecular weight excluding hydrogens is 466 g/mol. The molecule has 2 rings (SSSR count). The first-order valence-electron chi connectivity index (χ1n) is 8.36. The lowest BCUT2D eigenvalue weighted by Gasteiger charge is -2.22. The van der Waals surface area contributed by atoms with Crippen LogP contribution >= 0.6 is 35.3 Å². The summed E-state index contributed by atoms with van der Waals surface area (Å²) >= 11 is 1.76. The molecule has 0 aliphatic carbocycles. The minimum absolute atomic E-state index is 0. The van der Waals surface area contributed by atoms with Crippen LogP contribution in [0, 0.1) is 5.82 Å². The lowest BCUT2D eigenvalue weighted by atomic mass is 10.3. The molecule has 2 aromatic rings. The molecule has 0 aliphatic heterocycles. The maximum absolute atomic E-state index is 12.9. The van der Waals surface area contributed by atoms with Crippen molar-refractivity contribution in [1.82, 2.24) is 15.2 Å². The number of nitrogens with zero attached hydrogens (tertiary/aromatic N) is 3. The minimum atomic E-state index is -0.264. The maximum Gasteiger partial charge on any atom is 0.193 e. The molecular formula is C18H26FIN4OS. The Morgan fingerprint density at radius 1 is 1.35 bits per heavy atom. The first-order valence-corrected chi connectivity index (χ1v) is 9.17. The highest BCUT2D eigenvalue weighted by Gasteiger charge is 2.07. The lowest BCUT2D eigenvalue weighted by Crippen LogP contribution is -2.41. The van der Waals surface area contributed by atoms with E-state index in [9.17, 15) is 4.39 Å². The molecule has 0 spiro atoms. The second-order valence-corrected chi connectivity index (χ2v) is 6.72. The number of aromatic nitrogens is 1. The van der Waals surface area contributed by atoms with Gasteiger partial charge >= 0.3 is 0 Å². The monoisotopic (exact) mass is 492 g/mol. The Hall–Kier alpha value is -1.42. The largest absolute Gasteiger partial charge is 0.492 e. The number of hydrogen-bond donors (Lipinski definition) is 1. The number of aryl methyl sites for hydroxylation is 1. The molecule has 5 nitrogen and oxygen atoms in total. The number of benzene rings is 1. The summed E-state index contributed by atoms with van der Waals surface area (Å²) in [6.45, 7) is 4.09. The Morgan fingerprint density at radius 2 is 2.08 bits per heavy atom. The van der Waals surface area contributed by atoms with Crippen LogP contribution in [0.15, 0.2) is 35.5 Å². The van der Waals surface area contributed by atoms with Crippen molar-refractivity contribution in [1.29, 1.82) is 0 Å². The van der Waals surface area contributed by atoms with Gasteiger partial charge in [-0.1, -0.05) is 6.92 Å². The Balaban J connectivity index is 0.00000338. The highest BCUT2D eigenvalue weighted by atomic mass is 127. The molecule has 0 atom stereocenters. The highest BCUT2D eigenvalue weighted by molar-refractivity contribution is 14.0. The van der Waals surface area contributed by atoms with E-state index in [1.165, 1.54) is 17.0 Å². The molecule has 26 heavy (non-hydrogen) atoms. The van der Waals surface area contributed by atoms with Crippen LogP contribution in [0.1, 0.15) is 16.8 Å². The third-order valence-corrected chi connectivity index (χ3v) is 4.86. The number of guanidine groups is 1. The molecule has 1 aromatic heterocycles. The summed E-state index contributed by atoms with van der Waals surface area (Å²) in [5, 5.41) is 4.48. The fourth-order valence-electron chi connectivity index (χ4n) is 2.23. The molecule has 8 heteroatoms. The summed E-state index contributed by atoms with van der Waals surface area (Å²) in [6, 6.07) is 6.03. The Bertz CT molecular complexity index is 678. The van der Waals surface area contributed by atoms with Crippen molar-refractivity contribution in [3.63, 3.8) is 0 Å². The predicted octanol–water partition coefficient (Wildman–Crippen LogP) is 3.59. The van der Waals surface area contributed by atoms with Crippen LogP contribution < -0.4 is 10.1 Å². The number of nitrogens with one attached hydrogen (secondary N) is 1. The normalized spacial score (nSPS) is 11.0. The van der Waals surface area contributed by atoms with Crippen molar-refractivity contribution >= 4 is 41.3 Å². The molecule has 0 saturated carbocycles. The summed E-state index contributed by atoms with van der Waals surface area (Å²) in [5.74, 6) is 1.21. The van der Waals surface area contributed by atoms with Gasteiger partial charge in [0.05, 0.1) is 11.6 Å². The molecule has 0 fully saturated rings. The van der Waals surface area contributed by atoms with Gasteiger partial charge in [0.25, 0.3) is 0 Å². The third-order valence-electron chi connectivity index (χ3n) is 3.65. The van der Waals surface area contributed by atoms with E-state index < -0.39 is 0 Å². The Morgan fingerprint density at radius 3 is 2.69 bits per heavy atom. The van der Waals surface area contributed by atoms with Gasteiger partial charge in [-0.15, -0.1) is 35.3 Å². The van der Waals surface area contributed by atoms with Gasteiger partial charge in [-0.3, -0.25) is 4.99 Å². The van der Waals surface area contributed by atoms with E-state index in [-0.39, 0.29) is 29.8 Å². The van der Waals surface area contributed by atoms with Gasteiger partial charge in [0, 0.05) is 38.1 Å². The van der Waals surface area contributed by atoms with Crippen LogP contribution in [0.5, 0.6) is 5.75 Å². The second kappa shape index (κ2) is 12.1. The van der Waals surface area contributed by atoms with Crippen molar-refractivity contribution in [2.75, 3.05) is 33.8 Å². The van der Waals surface area contributed by atoms with Gasteiger partial charge in [0.15, 0.2) is 5.96 Å². The summed E-state index contributed by atoms with van der Waals surface area (Å²) in [7, 11) is 3.72. The molecule has 1 aromatic carbocycles. The standard InChI is InChI=1S/C18H25FN4OS.HI/c1-4-16-13-22-17(25-16)9-10-21-18(20-2)23(3)11-12-24-15-7-5-14(19)6-8-15;/h5-8,13H,4,9-12H2,1-3H3,(H,20,21);1H. The lowest BCUT2D eigenvalue weighted by molar-refractivity contribution is 0.281. The van der Waals surface area contributed by atoms with E-state index in [0.717, 1.165) is 30.4 Å². The first kappa shape index (κ1) is 22.6. The Kier molecular flexibility index (Phi) is 10.5. The molecule has 1 N–H and O–H groups in total. The van der Waals surface area contributed by atoms with Crippen molar-refractivity contribution < 1.29 is 9.13 Å². The van der Waals surface area contributed by atoms with Crippen LogP contribution in [0.3, 0.4) is 0 Å². The van der Waals surface area contributed by atoms with Crippen LogP contribution in [-0.4, -0.2) is 49.6 Å². The van der Waals surface area contributed by atoms with Crippen molar-refractivity contribution in [3.8, 4) is 5.75 Å². The van der Waals surface area contributed by atoms with E-state index in [1.54, 1.807) is 30.5 Å². The summed E-state index contributed by atoms with van der Waals surface area (Å²) < 4.78 is 18.5. The van der Waals surface area contributed by atoms with Crippen molar-refractivity contribution in [2.24, 2.45) is 4.99 Å². The third kappa shape index (κ3) is 7.45. The van der Waals surface area contributed by atoms with E-state index in [2.05, 4.69) is 22.2 Å². The molecule has 0 amide bonds. The number of thiazole rings is 1. The van der Waals surface area contributed by atoms with E-state index in [1.807, 2.05) is 18.1 Å². The van der Waals surface area contributed by atoms with E-state index >= 15 is 0 Å². The molecule has 0 saturated heterocycles. The zero-order valence-corrected chi connectivity index (χ0v) is 18.5. The highest BCUT2D eigenvalue weighted by Crippen LogP contribution is 2.13. The quantitative estimate of drug-likeness (QED) is 0.348. The number of halogens is 2. The fourth-order valence-corrected chi connectivity index (χ4v) is 3.09. The van der Waals surface area contributed by atoms with E-state index in [0.29, 0.717) is 18.9 Å². The Labute approximate surface area is 175 Å². The number of likely N-dealkylation sites (N-methyl/N-ethyl adjacent to an activating group) is 1. The second-order valence-electron chi connectivity index (χ2n) is 5.52. The average Bonchev–Trinajstić information content (AvgIpc) is 3.08. The number of ether oxygens (including phenoxy) is 1. The summed E-state index contributed by atoms with van der Waals surface area (Å²) in [4.78, 5) is 12.0. The molecule has 144 valence electrons. The summed E-state index contributed by atoms with van der Waals surface area (Å²) in [6.07, 6.45) is 3.86. The number of aliphatic imine (C=N–C) groups is 1. The zero-order chi connectivity index (χ0) is 18.1. The van der Waals surface area contributed by atoms with Gasteiger partial charge in [-0.25, -0.2) is 9.37 Å². The molecule has 1 heterocycles. The van der Waals surface area contributed by atoms with Crippen LogP contribution in [0.2, 0.25) is 0 Å². The predicted molar refractivity (Wildman–Crippen MR) is 116 cm³/mol. The molecule has 0 radical (unpaired) electrons. The molecule has 0 aliphatic rings. The maximum atomic E-state index is 12.9. The van der Waals surface area contributed by atoms with Gasteiger partial charge in [-0.05, 0) is 30.7 Å². The molecule has 0 unspecified atom stereocenters. The van der Waals surface area contributed by atoms with Gasteiger partial charge < -0.3 is 15.0 Å². The molecule has 0 bridgehead atoms. The first-order chi connectivity index (χ1) is 12.1. The number of hydrogen-bond acceptors (Lipinski definition) is 4. The topological polar surface area (TPSA) is 49.8 Å². The van der Waals surface area contributed by atoms with E-state index in [4.69, 9.17) is 4.74 Å². The van der Waals surface area contributed by atoms with Gasteiger partial charge in [-0.2, -0.15) is 0 Å². The number of rotatable bonds is 8. The smallest absolute Gasteiger partial charge is 0.193 e. The zero-order valence-electron chi connectivity index (χ0n) is 15.4. The average molecular weight is 492 g/mol. The van der Waals surface area contributed by atoms with Crippen LogP contribution in [0.4, 0.5) is 4.39 Å². The van der Waals surface area contributed by atoms with Crippen LogP contribution in [-0.2, 0) is 12.8 Å². The summed E-state index contributed by atoms with van der Waals surface area (Å²) in [5.41, 5.74) is 0. The SMILES string of the molecule is CCc1cnc(CCNC(=NC)N(C)CCOc2ccc(F)cc2)s1.I. The minimum Gasteiger partial charge on any atom is -0.492 e. The van der Waals surface area contributed by atoms with Crippen LogP contribution in [0.25, 0.3) is 0 Å².